The second-order valence-electron chi connectivity index (χ2n) is 5.90. The highest BCUT2D eigenvalue weighted by atomic mass is 32.2. The number of hydrogen-bond acceptors (Lipinski definition) is 4. The topological polar surface area (TPSA) is 110 Å². The van der Waals surface area contributed by atoms with Gasteiger partial charge in [-0.2, -0.15) is 0 Å². The van der Waals surface area contributed by atoms with E-state index >= 15 is 0 Å². The van der Waals surface area contributed by atoms with Crippen molar-refractivity contribution in [2.24, 2.45) is 5.73 Å². The van der Waals surface area contributed by atoms with Crippen LogP contribution < -0.4 is 15.4 Å². The zero-order valence-corrected chi connectivity index (χ0v) is 15.6. The van der Waals surface area contributed by atoms with E-state index in [2.05, 4.69) is 5.32 Å². The van der Waals surface area contributed by atoms with E-state index in [1.807, 2.05) is 37.3 Å². The number of nitrogens with two attached hydrogens (primary N) is 1. The van der Waals surface area contributed by atoms with Gasteiger partial charge in [0.2, 0.25) is 10.0 Å². The largest absolute Gasteiger partial charge is 0.366 e. The molecule has 0 aliphatic carbocycles. The molecule has 0 spiro atoms. The van der Waals surface area contributed by atoms with Gasteiger partial charge in [-0.3, -0.25) is 13.9 Å². The minimum Gasteiger partial charge on any atom is -0.366 e. The van der Waals surface area contributed by atoms with Crippen LogP contribution in [0.2, 0.25) is 0 Å². The van der Waals surface area contributed by atoms with Crippen molar-refractivity contribution in [1.82, 2.24) is 5.32 Å². The molecule has 26 heavy (non-hydrogen) atoms. The molecule has 2 aromatic carbocycles. The maximum absolute atomic E-state index is 12.8. The number of benzene rings is 2. The van der Waals surface area contributed by atoms with Crippen LogP contribution in [0.15, 0.2) is 48.5 Å². The summed E-state index contributed by atoms with van der Waals surface area (Å²) in [5.41, 5.74) is 6.23. The molecule has 0 saturated heterocycles. The number of hydrogen-bond donors (Lipinski definition) is 2. The summed E-state index contributed by atoms with van der Waals surface area (Å²) in [6.45, 7) is 1.81. The van der Waals surface area contributed by atoms with Crippen LogP contribution in [0.1, 0.15) is 39.2 Å². The van der Waals surface area contributed by atoms with E-state index < -0.39 is 21.8 Å². The van der Waals surface area contributed by atoms with Gasteiger partial charge < -0.3 is 11.1 Å². The third-order valence-corrected chi connectivity index (χ3v) is 5.18. The molecule has 0 aliphatic rings. The first-order valence-electron chi connectivity index (χ1n) is 7.85. The number of sulfonamides is 1. The van der Waals surface area contributed by atoms with Crippen molar-refractivity contribution in [1.29, 1.82) is 0 Å². The van der Waals surface area contributed by atoms with Crippen LogP contribution in [0, 0.1) is 0 Å². The summed E-state index contributed by atoms with van der Waals surface area (Å²) in [5, 5.41) is 2.81. The van der Waals surface area contributed by atoms with Crippen LogP contribution in [0.5, 0.6) is 0 Å². The maximum atomic E-state index is 12.8. The number of carbonyl (C=O) groups excluding carboxylic acids is 2. The summed E-state index contributed by atoms with van der Waals surface area (Å²) in [4.78, 5) is 24.5. The first kappa shape index (κ1) is 19.5. The van der Waals surface area contributed by atoms with Crippen LogP contribution in [0.4, 0.5) is 5.69 Å². The minimum atomic E-state index is -3.70. The molecule has 0 saturated carbocycles. The van der Waals surface area contributed by atoms with Gasteiger partial charge >= 0.3 is 0 Å². The van der Waals surface area contributed by atoms with Gasteiger partial charge in [0, 0.05) is 7.05 Å². The quantitative estimate of drug-likeness (QED) is 0.800. The molecule has 7 nitrogen and oxygen atoms in total. The molecule has 0 unspecified atom stereocenters. The Hall–Kier alpha value is -2.87. The summed E-state index contributed by atoms with van der Waals surface area (Å²) < 4.78 is 24.8. The van der Waals surface area contributed by atoms with Crippen LogP contribution in [-0.2, 0) is 10.0 Å². The number of anilines is 1. The van der Waals surface area contributed by atoms with Crippen LogP contribution >= 0.6 is 0 Å². The molecule has 0 radical (unpaired) electrons. The molecule has 2 amide bonds. The fourth-order valence-corrected chi connectivity index (χ4v) is 3.06. The minimum absolute atomic E-state index is 0.0414. The number of nitrogens with one attached hydrogen (secondary N) is 1. The lowest BCUT2D eigenvalue weighted by Gasteiger charge is -2.23. The Morgan fingerprint density at radius 1 is 1.04 bits per heavy atom. The summed E-state index contributed by atoms with van der Waals surface area (Å²) in [7, 11) is -2.43. The number of primary amides is 1. The number of para-hydroxylation sites is 1. The Labute approximate surface area is 152 Å². The zero-order valence-electron chi connectivity index (χ0n) is 14.8. The second-order valence-corrected chi connectivity index (χ2v) is 7.92. The van der Waals surface area contributed by atoms with Gasteiger partial charge in [-0.05, 0) is 24.6 Å². The van der Waals surface area contributed by atoms with Crippen LogP contribution in [-0.4, -0.2) is 33.5 Å². The SMILES string of the molecule is C[C@@H](NC(=O)c1cccc(C(N)=O)c1N(C)S(C)(=O)=O)c1ccccc1. The molecule has 0 bridgehead atoms. The number of rotatable bonds is 6. The van der Waals surface area contributed by atoms with Gasteiger partial charge in [0.05, 0.1) is 29.1 Å². The maximum Gasteiger partial charge on any atom is 0.253 e. The van der Waals surface area contributed by atoms with E-state index in [-0.39, 0.29) is 22.9 Å². The van der Waals surface area contributed by atoms with Crippen LogP contribution in [0.3, 0.4) is 0 Å². The standard InChI is InChI=1S/C18H21N3O4S/c1-12(13-8-5-4-6-9-13)20-18(23)15-11-7-10-14(17(19)22)16(15)21(2)26(3,24)25/h4-12H,1-3H3,(H2,19,22)(H,20,23)/t12-/m1/s1. The molecule has 0 fully saturated rings. The van der Waals surface area contributed by atoms with Gasteiger partial charge in [0.1, 0.15) is 0 Å². The smallest absolute Gasteiger partial charge is 0.253 e. The second kappa shape index (κ2) is 7.57. The molecule has 3 N–H and O–H groups in total. The van der Waals surface area contributed by atoms with Gasteiger partial charge in [-0.15, -0.1) is 0 Å². The third kappa shape index (κ3) is 4.20. The molecule has 0 aromatic heterocycles. The van der Waals surface area contributed by atoms with Crippen molar-refractivity contribution in [3.05, 3.63) is 65.2 Å². The summed E-state index contributed by atoms with van der Waals surface area (Å²) in [6, 6.07) is 13.3. The highest BCUT2D eigenvalue weighted by Gasteiger charge is 2.25. The van der Waals surface area contributed by atoms with E-state index in [1.54, 1.807) is 0 Å². The normalized spacial score (nSPS) is 12.3. The van der Waals surface area contributed by atoms with E-state index in [4.69, 9.17) is 5.73 Å². The van der Waals surface area contributed by atoms with Crippen molar-refractivity contribution in [2.75, 3.05) is 17.6 Å². The summed E-state index contributed by atoms with van der Waals surface area (Å²) in [6.07, 6.45) is 0.985. The van der Waals surface area contributed by atoms with Gasteiger partial charge in [-0.25, -0.2) is 8.42 Å². The molecule has 2 rings (SSSR count). The lowest BCUT2D eigenvalue weighted by Crippen LogP contribution is -2.33. The third-order valence-electron chi connectivity index (χ3n) is 4.01. The fraction of sp³-hybridized carbons (Fsp3) is 0.222. The van der Waals surface area contributed by atoms with Gasteiger partial charge in [0.25, 0.3) is 11.8 Å². The molecule has 138 valence electrons. The Morgan fingerprint density at radius 3 is 2.15 bits per heavy atom. The van der Waals surface area contributed by atoms with Crippen molar-refractivity contribution in [3.8, 4) is 0 Å². The number of amides is 2. The highest BCUT2D eigenvalue weighted by molar-refractivity contribution is 7.92. The molecule has 8 heteroatoms. The van der Waals surface area contributed by atoms with Crippen molar-refractivity contribution in [2.45, 2.75) is 13.0 Å². The monoisotopic (exact) mass is 375 g/mol. The number of nitrogens with zero attached hydrogens (tertiary/aromatic N) is 1. The van der Waals surface area contributed by atoms with Gasteiger partial charge in [0.15, 0.2) is 0 Å². The van der Waals surface area contributed by atoms with E-state index in [0.717, 1.165) is 16.1 Å². The molecule has 1 atom stereocenters. The first-order valence-corrected chi connectivity index (χ1v) is 9.70. The Bertz CT molecular complexity index is 927. The predicted octanol–water partition coefficient (Wildman–Crippen LogP) is 1.67. The molecule has 0 aliphatic heterocycles. The Morgan fingerprint density at radius 2 is 1.62 bits per heavy atom. The van der Waals surface area contributed by atoms with E-state index in [1.165, 1.54) is 25.2 Å². The van der Waals surface area contributed by atoms with E-state index in [9.17, 15) is 18.0 Å². The Kier molecular flexibility index (Phi) is 5.66. The van der Waals surface area contributed by atoms with Crippen molar-refractivity contribution in [3.63, 3.8) is 0 Å². The first-order chi connectivity index (χ1) is 12.1. The number of carbonyl (C=O) groups is 2. The molecular formula is C18H21N3O4S. The zero-order chi connectivity index (χ0) is 19.5. The van der Waals surface area contributed by atoms with Crippen molar-refractivity contribution < 1.29 is 18.0 Å². The summed E-state index contributed by atoms with van der Waals surface area (Å²) >= 11 is 0. The van der Waals surface area contributed by atoms with E-state index in [0.29, 0.717) is 0 Å². The average Bonchev–Trinajstić information content (AvgIpc) is 2.60. The highest BCUT2D eigenvalue weighted by Crippen LogP contribution is 2.27. The molecule has 0 heterocycles. The average molecular weight is 375 g/mol. The van der Waals surface area contributed by atoms with Crippen LogP contribution in [0.25, 0.3) is 0 Å². The lowest BCUT2D eigenvalue weighted by molar-refractivity contribution is 0.0940. The molecular weight excluding hydrogens is 354 g/mol. The van der Waals surface area contributed by atoms with Crippen molar-refractivity contribution >= 4 is 27.5 Å². The van der Waals surface area contributed by atoms with Gasteiger partial charge in [-0.1, -0.05) is 36.4 Å². The lowest BCUT2D eigenvalue weighted by atomic mass is 10.0. The fourth-order valence-electron chi connectivity index (χ4n) is 2.53. The summed E-state index contributed by atoms with van der Waals surface area (Å²) in [5.74, 6) is -1.32. The molecule has 2 aromatic rings. The Balaban J connectivity index is 2.47. The predicted molar refractivity (Wildman–Crippen MR) is 101 cm³/mol.